The Morgan fingerprint density at radius 3 is 2.34 bits per heavy atom. The summed E-state index contributed by atoms with van der Waals surface area (Å²) >= 11 is 0. The molecule has 29 heavy (non-hydrogen) atoms. The number of benzene rings is 3. The van der Waals surface area contributed by atoms with Crippen LogP contribution in [0.1, 0.15) is 5.56 Å². The molecule has 0 atom stereocenters. The number of carbonyl (C=O) groups is 1. The fourth-order valence-electron chi connectivity index (χ4n) is 3.39. The number of hydrogen-bond acceptors (Lipinski definition) is 4. The average Bonchev–Trinajstić information content (AvgIpc) is 3.08. The van der Waals surface area contributed by atoms with Crippen LogP contribution in [0.2, 0.25) is 0 Å². The molecule has 3 aromatic carbocycles. The number of aliphatic carboxylic acids is 1. The van der Waals surface area contributed by atoms with E-state index in [0.29, 0.717) is 27.6 Å². The Balaban J connectivity index is 1.95. The number of fused-ring (bicyclic) bond motifs is 1. The van der Waals surface area contributed by atoms with Crippen molar-refractivity contribution in [2.75, 3.05) is 0 Å². The highest BCUT2D eigenvalue weighted by molar-refractivity contribution is 7.90. The molecule has 0 radical (unpaired) electrons. The number of aromatic nitrogens is 1. The number of phenols is 1. The fourth-order valence-corrected chi connectivity index (χ4v) is 4.78. The molecule has 0 bridgehead atoms. The summed E-state index contributed by atoms with van der Waals surface area (Å²) in [5.74, 6) is -1.10. The first kappa shape index (κ1) is 18.8. The molecule has 146 valence electrons. The molecule has 1 aromatic heterocycles. The van der Waals surface area contributed by atoms with Gasteiger partial charge >= 0.3 is 5.97 Å². The van der Waals surface area contributed by atoms with E-state index in [4.69, 9.17) is 5.11 Å². The van der Waals surface area contributed by atoms with Crippen LogP contribution in [0.25, 0.3) is 22.0 Å². The minimum Gasteiger partial charge on any atom is -0.508 e. The number of hydrogen-bond donors (Lipinski definition) is 2. The SMILES string of the molecule is O=C(O)Cc1cc(O)cc(-c2cn(S(=O)(=O)c3ccccc3)c3ccccc23)c1. The molecule has 4 aromatic rings. The molecule has 0 amide bonds. The number of nitrogens with zero attached hydrogens (tertiary/aromatic N) is 1. The monoisotopic (exact) mass is 407 g/mol. The summed E-state index contributed by atoms with van der Waals surface area (Å²) < 4.78 is 27.6. The Morgan fingerprint density at radius 2 is 1.62 bits per heavy atom. The highest BCUT2D eigenvalue weighted by Crippen LogP contribution is 2.35. The van der Waals surface area contributed by atoms with Crippen LogP contribution in [0.4, 0.5) is 0 Å². The van der Waals surface area contributed by atoms with Crippen molar-refractivity contribution in [1.82, 2.24) is 3.97 Å². The zero-order valence-electron chi connectivity index (χ0n) is 15.2. The summed E-state index contributed by atoms with van der Waals surface area (Å²) in [7, 11) is -3.83. The van der Waals surface area contributed by atoms with Crippen LogP contribution in [0.15, 0.2) is 83.9 Å². The van der Waals surface area contributed by atoms with Crippen LogP contribution in [0.3, 0.4) is 0 Å². The standard InChI is InChI=1S/C22H17NO5S/c24-17-11-15(12-22(25)26)10-16(13-17)20-14-23(21-9-5-4-8-19(20)21)29(27,28)18-6-2-1-3-7-18/h1-11,13-14,24H,12H2,(H,25,26). The Bertz CT molecular complexity index is 1320. The molecule has 0 aliphatic carbocycles. The van der Waals surface area contributed by atoms with Crippen molar-refractivity contribution in [3.05, 3.63) is 84.6 Å². The predicted molar refractivity (Wildman–Crippen MR) is 109 cm³/mol. The second-order valence-corrected chi connectivity index (χ2v) is 8.45. The van der Waals surface area contributed by atoms with Gasteiger partial charge in [0.2, 0.25) is 0 Å². The number of carboxylic acids is 1. The molecule has 4 rings (SSSR count). The maximum absolute atomic E-state index is 13.2. The van der Waals surface area contributed by atoms with Gasteiger partial charge in [0, 0.05) is 17.1 Å². The lowest BCUT2D eigenvalue weighted by molar-refractivity contribution is -0.136. The van der Waals surface area contributed by atoms with Gasteiger partial charge in [0.15, 0.2) is 0 Å². The normalized spacial score (nSPS) is 11.6. The molecule has 0 unspecified atom stereocenters. The summed E-state index contributed by atoms with van der Waals surface area (Å²) in [4.78, 5) is 11.2. The van der Waals surface area contributed by atoms with Gasteiger partial charge < -0.3 is 10.2 Å². The lowest BCUT2D eigenvalue weighted by Gasteiger charge is -2.07. The van der Waals surface area contributed by atoms with E-state index < -0.39 is 16.0 Å². The molecular formula is C22H17NO5S. The highest BCUT2D eigenvalue weighted by atomic mass is 32.2. The van der Waals surface area contributed by atoms with Crippen LogP contribution in [-0.4, -0.2) is 28.6 Å². The smallest absolute Gasteiger partial charge is 0.307 e. The topological polar surface area (TPSA) is 96.6 Å². The van der Waals surface area contributed by atoms with E-state index in [2.05, 4.69) is 0 Å². The summed E-state index contributed by atoms with van der Waals surface area (Å²) in [5, 5.41) is 19.8. The van der Waals surface area contributed by atoms with Gasteiger partial charge in [-0.1, -0.05) is 42.5 Å². The first-order valence-corrected chi connectivity index (χ1v) is 10.3. The van der Waals surface area contributed by atoms with Gasteiger partial charge in [-0.2, -0.15) is 0 Å². The Labute approximate surface area is 167 Å². The quantitative estimate of drug-likeness (QED) is 0.523. The van der Waals surface area contributed by atoms with Crippen molar-refractivity contribution in [3.8, 4) is 16.9 Å². The number of aromatic hydroxyl groups is 1. The van der Waals surface area contributed by atoms with Gasteiger partial charge in [0.1, 0.15) is 5.75 Å². The Morgan fingerprint density at radius 1 is 0.931 bits per heavy atom. The summed E-state index contributed by atoms with van der Waals surface area (Å²) in [6.45, 7) is 0. The van der Waals surface area contributed by atoms with E-state index in [1.165, 1.54) is 34.4 Å². The highest BCUT2D eigenvalue weighted by Gasteiger charge is 2.22. The molecule has 0 saturated carbocycles. The number of para-hydroxylation sites is 1. The molecule has 0 saturated heterocycles. The molecule has 2 N–H and O–H groups in total. The van der Waals surface area contributed by atoms with Gasteiger partial charge in [-0.05, 0) is 41.5 Å². The van der Waals surface area contributed by atoms with Gasteiger partial charge in [0.05, 0.1) is 16.8 Å². The molecular weight excluding hydrogens is 390 g/mol. The van der Waals surface area contributed by atoms with Crippen molar-refractivity contribution in [2.45, 2.75) is 11.3 Å². The maximum Gasteiger partial charge on any atom is 0.307 e. The molecule has 1 heterocycles. The first-order chi connectivity index (χ1) is 13.9. The second-order valence-electron chi connectivity index (χ2n) is 6.63. The second kappa shape index (κ2) is 7.10. The number of rotatable bonds is 5. The van der Waals surface area contributed by atoms with Crippen molar-refractivity contribution in [2.24, 2.45) is 0 Å². The fraction of sp³-hybridized carbons (Fsp3) is 0.0455. The summed E-state index contributed by atoms with van der Waals surface area (Å²) in [6.07, 6.45) is 1.26. The largest absolute Gasteiger partial charge is 0.508 e. The molecule has 6 nitrogen and oxygen atoms in total. The third-order valence-electron chi connectivity index (χ3n) is 4.62. The molecule has 0 fully saturated rings. The maximum atomic E-state index is 13.2. The van der Waals surface area contributed by atoms with Crippen molar-refractivity contribution >= 4 is 26.9 Å². The molecule has 0 aliphatic rings. The third-order valence-corrected chi connectivity index (χ3v) is 6.31. The van der Waals surface area contributed by atoms with E-state index in [1.807, 2.05) is 0 Å². The van der Waals surface area contributed by atoms with E-state index in [1.54, 1.807) is 48.5 Å². The van der Waals surface area contributed by atoms with E-state index >= 15 is 0 Å². The van der Waals surface area contributed by atoms with Gasteiger partial charge in [-0.15, -0.1) is 0 Å². The van der Waals surface area contributed by atoms with Crippen LogP contribution < -0.4 is 0 Å². The van der Waals surface area contributed by atoms with Crippen molar-refractivity contribution in [3.63, 3.8) is 0 Å². The zero-order chi connectivity index (χ0) is 20.6. The van der Waals surface area contributed by atoms with Crippen LogP contribution >= 0.6 is 0 Å². The van der Waals surface area contributed by atoms with E-state index in [0.717, 1.165) is 0 Å². The van der Waals surface area contributed by atoms with Crippen LogP contribution in [0, 0.1) is 0 Å². The van der Waals surface area contributed by atoms with E-state index in [-0.39, 0.29) is 17.1 Å². The molecule has 0 aliphatic heterocycles. The number of carboxylic acid groups (broad SMARTS) is 1. The van der Waals surface area contributed by atoms with Crippen LogP contribution in [-0.2, 0) is 21.2 Å². The van der Waals surface area contributed by atoms with Gasteiger partial charge in [-0.25, -0.2) is 12.4 Å². The summed E-state index contributed by atoms with van der Waals surface area (Å²) in [6, 6.07) is 19.7. The lowest BCUT2D eigenvalue weighted by atomic mass is 10.0. The predicted octanol–water partition coefficient (Wildman–Crippen LogP) is 3.88. The van der Waals surface area contributed by atoms with Crippen LogP contribution in [0.5, 0.6) is 5.75 Å². The zero-order valence-corrected chi connectivity index (χ0v) is 16.0. The average molecular weight is 407 g/mol. The van der Waals surface area contributed by atoms with Gasteiger partial charge in [-0.3, -0.25) is 4.79 Å². The number of phenolic OH excluding ortho intramolecular Hbond substituents is 1. The van der Waals surface area contributed by atoms with Crippen molar-refractivity contribution in [1.29, 1.82) is 0 Å². The lowest BCUT2D eigenvalue weighted by Crippen LogP contribution is -2.11. The van der Waals surface area contributed by atoms with E-state index in [9.17, 15) is 18.3 Å². The third kappa shape index (κ3) is 3.48. The minimum absolute atomic E-state index is 0.0819. The summed E-state index contributed by atoms with van der Waals surface area (Å²) in [5.41, 5.74) is 2.05. The molecule has 7 heteroatoms. The van der Waals surface area contributed by atoms with Gasteiger partial charge in [0.25, 0.3) is 10.0 Å². The molecule has 0 spiro atoms. The van der Waals surface area contributed by atoms with Crippen molar-refractivity contribution < 1.29 is 23.4 Å². The Kier molecular flexibility index (Phi) is 4.60. The first-order valence-electron chi connectivity index (χ1n) is 8.82. The Hall–Kier alpha value is -3.58. The minimum atomic E-state index is -3.83.